The van der Waals surface area contributed by atoms with Crippen LogP contribution < -0.4 is 10.1 Å². The van der Waals surface area contributed by atoms with Crippen LogP contribution in [0.4, 0.5) is 8.78 Å². The van der Waals surface area contributed by atoms with Gasteiger partial charge in [-0.05, 0) is 67.3 Å². The fourth-order valence-electron chi connectivity index (χ4n) is 3.95. The van der Waals surface area contributed by atoms with Crippen molar-refractivity contribution in [2.24, 2.45) is 0 Å². The Labute approximate surface area is 202 Å². The number of nitrogens with one attached hydrogen (secondary N) is 2. The molecule has 35 heavy (non-hydrogen) atoms. The zero-order valence-corrected chi connectivity index (χ0v) is 19.6. The summed E-state index contributed by atoms with van der Waals surface area (Å²) in [6.07, 6.45) is 4.23. The monoisotopic (exact) mass is 479 g/mol. The van der Waals surface area contributed by atoms with Crippen LogP contribution in [0.5, 0.6) is 5.75 Å². The molecule has 0 saturated heterocycles. The van der Waals surface area contributed by atoms with Crippen LogP contribution in [0.3, 0.4) is 0 Å². The summed E-state index contributed by atoms with van der Waals surface area (Å²) in [4.78, 5) is 20.2. The van der Waals surface area contributed by atoms with Gasteiger partial charge in [0.25, 0.3) is 5.91 Å². The second-order valence-electron chi connectivity index (χ2n) is 8.45. The smallest absolute Gasteiger partial charge is 0.255 e. The lowest BCUT2D eigenvalue weighted by Gasteiger charge is -2.18. The summed E-state index contributed by atoms with van der Waals surface area (Å²) in [5.74, 6) is -0.916. The second-order valence-corrected chi connectivity index (χ2v) is 8.45. The SMILES string of the molecule is CCCOc1ccc(-c2cnc(F)c(C)c2)cc1C(=O)NC(CO)Cc1c[nH]c2ccc(F)cc12. The molecule has 6 nitrogen and oxygen atoms in total. The molecule has 2 aromatic carbocycles. The number of amides is 1. The van der Waals surface area contributed by atoms with Gasteiger partial charge in [0, 0.05) is 34.4 Å². The van der Waals surface area contributed by atoms with Gasteiger partial charge in [0.1, 0.15) is 11.6 Å². The van der Waals surface area contributed by atoms with Crippen molar-refractivity contribution in [3.05, 3.63) is 83.3 Å². The lowest BCUT2D eigenvalue weighted by Crippen LogP contribution is -2.39. The molecule has 0 saturated carbocycles. The number of carbonyl (C=O) groups is 1. The number of aryl methyl sites for hydroxylation is 1. The van der Waals surface area contributed by atoms with Crippen LogP contribution in [-0.2, 0) is 6.42 Å². The minimum Gasteiger partial charge on any atom is -0.493 e. The standard InChI is InChI=1S/C27H27F2N3O3/c1-3-8-35-25-7-4-17(18-9-16(2)26(29)31-13-18)11-23(25)27(34)32-21(15-33)10-19-14-30-24-6-5-20(28)12-22(19)24/h4-7,9,11-14,21,30,33H,3,8,10,15H2,1-2H3,(H,32,34). The van der Waals surface area contributed by atoms with E-state index >= 15 is 0 Å². The van der Waals surface area contributed by atoms with E-state index in [1.807, 2.05) is 6.92 Å². The van der Waals surface area contributed by atoms with Gasteiger partial charge in [0.2, 0.25) is 5.95 Å². The number of fused-ring (bicyclic) bond motifs is 1. The molecule has 1 amide bonds. The van der Waals surface area contributed by atoms with Crippen LogP contribution >= 0.6 is 0 Å². The number of aromatic nitrogens is 2. The zero-order valence-electron chi connectivity index (χ0n) is 19.6. The van der Waals surface area contributed by atoms with E-state index in [9.17, 15) is 18.7 Å². The summed E-state index contributed by atoms with van der Waals surface area (Å²) in [6, 6.07) is 10.7. The fourth-order valence-corrected chi connectivity index (χ4v) is 3.95. The van der Waals surface area contributed by atoms with Crippen molar-refractivity contribution in [2.45, 2.75) is 32.7 Å². The van der Waals surface area contributed by atoms with Crippen molar-refractivity contribution in [1.29, 1.82) is 0 Å². The van der Waals surface area contributed by atoms with Gasteiger partial charge in [-0.2, -0.15) is 4.39 Å². The molecule has 0 radical (unpaired) electrons. The molecule has 0 bridgehead atoms. The number of hydrogen-bond acceptors (Lipinski definition) is 4. The Balaban J connectivity index is 1.61. The van der Waals surface area contributed by atoms with Crippen LogP contribution in [0.2, 0.25) is 0 Å². The van der Waals surface area contributed by atoms with Gasteiger partial charge < -0.3 is 20.1 Å². The normalized spacial score (nSPS) is 12.0. The summed E-state index contributed by atoms with van der Waals surface area (Å²) >= 11 is 0. The molecule has 0 aliphatic heterocycles. The van der Waals surface area contributed by atoms with Crippen molar-refractivity contribution < 1.29 is 23.4 Å². The summed E-state index contributed by atoms with van der Waals surface area (Å²) in [5.41, 5.74) is 3.59. The van der Waals surface area contributed by atoms with E-state index in [1.165, 1.54) is 18.3 Å². The van der Waals surface area contributed by atoms with Crippen molar-refractivity contribution >= 4 is 16.8 Å². The molecular formula is C27H27F2N3O3. The third kappa shape index (κ3) is 5.49. The molecular weight excluding hydrogens is 452 g/mol. The molecule has 0 aliphatic rings. The van der Waals surface area contributed by atoms with Crippen LogP contribution in [0, 0.1) is 18.7 Å². The highest BCUT2D eigenvalue weighted by atomic mass is 19.1. The Morgan fingerprint density at radius 1 is 1.17 bits per heavy atom. The van der Waals surface area contributed by atoms with Crippen LogP contribution in [0.25, 0.3) is 22.0 Å². The molecule has 182 valence electrons. The molecule has 1 unspecified atom stereocenters. The van der Waals surface area contributed by atoms with E-state index < -0.39 is 17.9 Å². The predicted octanol–water partition coefficient (Wildman–Crippen LogP) is 4.94. The Kier molecular flexibility index (Phi) is 7.41. The Morgan fingerprint density at radius 2 is 2.00 bits per heavy atom. The number of carbonyl (C=O) groups excluding carboxylic acids is 1. The number of hydrogen-bond donors (Lipinski definition) is 3. The molecule has 2 heterocycles. The minimum absolute atomic E-state index is 0.293. The molecule has 0 aliphatic carbocycles. The Bertz CT molecular complexity index is 1350. The number of H-pyrrole nitrogens is 1. The number of aliphatic hydroxyl groups is 1. The maximum atomic E-state index is 13.7. The minimum atomic E-state index is -0.609. The van der Waals surface area contributed by atoms with Gasteiger partial charge in [-0.3, -0.25) is 4.79 Å². The van der Waals surface area contributed by atoms with Gasteiger partial charge in [0.15, 0.2) is 0 Å². The maximum absolute atomic E-state index is 13.7. The third-order valence-electron chi connectivity index (χ3n) is 5.78. The third-order valence-corrected chi connectivity index (χ3v) is 5.78. The number of aromatic amines is 1. The summed E-state index contributed by atoms with van der Waals surface area (Å²) < 4.78 is 33.2. The molecule has 1 atom stereocenters. The number of aliphatic hydroxyl groups excluding tert-OH is 1. The second kappa shape index (κ2) is 10.7. The summed E-state index contributed by atoms with van der Waals surface area (Å²) in [6.45, 7) is 3.72. The predicted molar refractivity (Wildman–Crippen MR) is 130 cm³/mol. The van der Waals surface area contributed by atoms with Gasteiger partial charge in [-0.25, -0.2) is 9.37 Å². The largest absolute Gasteiger partial charge is 0.493 e. The molecule has 4 rings (SSSR count). The van der Waals surface area contributed by atoms with Crippen molar-refractivity contribution in [3.8, 4) is 16.9 Å². The molecule has 4 aromatic rings. The number of nitrogens with zero attached hydrogens (tertiary/aromatic N) is 1. The Morgan fingerprint density at radius 3 is 2.74 bits per heavy atom. The molecule has 0 spiro atoms. The highest BCUT2D eigenvalue weighted by Crippen LogP contribution is 2.28. The van der Waals surface area contributed by atoms with Crippen LogP contribution in [0.1, 0.15) is 34.8 Å². The van der Waals surface area contributed by atoms with E-state index in [1.54, 1.807) is 43.5 Å². The van der Waals surface area contributed by atoms with E-state index in [0.717, 1.165) is 17.5 Å². The van der Waals surface area contributed by atoms with Gasteiger partial charge in [-0.15, -0.1) is 0 Å². The Hall–Kier alpha value is -3.78. The average molecular weight is 480 g/mol. The van der Waals surface area contributed by atoms with Crippen LogP contribution in [-0.4, -0.2) is 40.2 Å². The fraction of sp³-hybridized carbons (Fsp3) is 0.259. The lowest BCUT2D eigenvalue weighted by atomic mass is 10.0. The van der Waals surface area contributed by atoms with Crippen molar-refractivity contribution in [3.63, 3.8) is 0 Å². The van der Waals surface area contributed by atoms with E-state index in [0.29, 0.717) is 46.4 Å². The first-order valence-corrected chi connectivity index (χ1v) is 11.5. The van der Waals surface area contributed by atoms with E-state index in [-0.39, 0.29) is 12.4 Å². The number of benzene rings is 2. The number of ether oxygens (including phenoxy) is 1. The number of pyridine rings is 1. The summed E-state index contributed by atoms with van der Waals surface area (Å²) in [7, 11) is 0. The maximum Gasteiger partial charge on any atom is 0.255 e. The first-order chi connectivity index (χ1) is 16.9. The quantitative estimate of drug-likeness (QED) is 0.297. The lowest BCUT2D eigenvalue weighted by molar-refractivity contribution is 0.0912. The molecule has 8 heteroatoms. The van der Waals surface area contributed by atoms with Crippen molar-refractivity contribution in [2.75, 3.05) is 13.2 Å². The average Bonchev–Trinajstić information content (AvgIpc) is 3.25. The van der Waals surface area contributed by atoms with Gasteiger partial charge in [0.05, 0.1) is 24.8 Å². The van der Waals surface area contributed by atoms with Gasteiger partial charge >= 0.3 is 0 Å². The van der Waals surface area contributed by atoms with Crippen molar-refractivity contribution in [1.82, 2.24) is 15.3 Å². The molecule has 3 N–H and O–H groups in total. The zero-order chi connectivity index (χ0) is 24.9. The summed E-state index contributed by atoms with van der Waals surface area (Å²) in [5, 5.41) is 13.5. The highest BCUT2D eigenvalue weighted by Gasteiger charge is 2.20. The van der Waals surface area contributed by atoms with E-state index in [2.05, 4.69) is 15.3 Å². The highest BCUT2D eigenvalue weighted by molar-refractivity contribution is 5.98. The van der Waals surface area contributed by atoms with Crippen LogP contribution in [0.15, 0.2) is 54.9 Å². The molecule has 0 fully saturated rings. The molecule has 2 aromatic heterocycles. The number of rotatable bonds is 9. The first-order valence-electron chi connectivity index (χ1n) is 11.5. The van der Waals surface area contributed by atoms with Gasteiger partial charge in [-0.1, -0.05) is 13.0 Å². The first kappa shape index (κ1) is 24.3. The number of halogens is 2. The van der Waals surface area contributed by atoms with E-state index in [4.69, 9.17) is 4.74 Å². The topological polar surface area (TPSA) is 87.2 Å².